The van der Waals surface area contributed by atoms with Crippen molar-refractivity contribution in [3.05, 3.63) is 89.5 Å². The monoisotopic (exact) mass is 375 g/mol. The van der Waals surface area contributed by atoms with Crippen molar-refractivity contribution in [1.29, 1.82) is 0 Å². The van der Waals surface area contributed by atoms with Crippen LogP contribution in [0.1, 0.15) is 28.0 Å². The Hall–Kier alpha value is -3.21. The molecule has 1 aliphatic rings. The van der Waals surface area contributed by atoms with E-state index < -0.39 is 0 Å². The van der Waals surface area contributed by atoms with Crippen molar-refractivity contribution < 1.29 is 9.18 Å². The molecule has 0 spiro atoms. The summed E-state index contributed by atoms with van der Waals surface area (Å²) in [7, 11) is 0. The highest BCUT2D eigenvalue weighted by atomic mass is 19.1. The summed E-state index contributed by atoms with van der Waals surface area (Å²) in [5, 5.41) is 2.81. The molecule has 142 valence electrons. The number of carbonyl (C=O) groups excluding carboxylic acids is 1. The van der Waals surface area contributed by atoms with Crippen LogP contribution in [0.4, 0.5) is 15.8 Å². The van der Waals surface area contributed by atoms with Crippen LogP contribution in [0, 0.1) is 5.82 Å². The van der Waals surface area contributed by atoms with Gasteiger partial charge in [0.05, 0.1) is 11.9 Å². The third-order valence-electron chi connectivity index (χ3n) is 5.04. The van der Waals surface area contributed by atoms with Gasteiger partial charge in [0.2, 0.25) is 0 Å². The number of carbonyl (C=O) groups is 1. The molecule has 5 heteroatoms. The van der Waals surface area contributed by atoms with E-state index in [1.165, 1.54) is 17.3 Å². The molecule has 3 aromatic rings. The smallest absolute Gasteiger partial charge is 0.269 e. The number of hydrogen-bond donors (Lipinski definition) is 1. The second-order valence-electron chi connectivity index (χ2n) is 6.88. The van der Waals surface area contributed by atoms with E-state index in [9.17, 15) is 9.18 Å². The largest absolute Gasteiger partial charge is 0.350 e. The highest BCUT2D eigenvalue weighted by Gasteiger charge is 2.18. The first-order valence-electron chi connectivity index (χ1n) is 9.55. The van der Waals surface area contributed by atoms with Gasteiger partial charge in [0.15, 0.2) is 0 Å². The van der Waals surface area contributed by atoms with E-state index in [0.717, 1.165) is 25.1 Å². The third-order valence-corrected chi connectivity index (χ3v) is 5.04. The average molecular weight is 375 g/mol. The lowest BCUT2D eigenvalue weighted by Crippen LogP contribution is -2.27. The van der Waals surface area contributed by atoms with Crippen molar-refractivity contribution in [2.75, 3.05) is 18.0 Å². The van der Waals surface area contributed by atoms with Gasteiger partial charge in [-0.1, -0.05) is 36.4 Å². The van der Waals surface area contributed by atoms with Crippen molar-refractivity contribution in [3.63, 3.8) is 0 Å². The van der Waals surface area contributed by atoms with Crippen molar-refractivity contribution in [2.24, 2.45) is 0 Å². The van der Waals surface area contributed by atoms with E-state index >= 15 is 0 Å². The SMILES string of the molecule is O=C(NCCc1ccccc1F)c1ccc(N2CCCc3ccccc32)cn1. The van der Waals surface area contributed by atoms with Crippen molar-refractivity contribution in [3.8, 4) is 0 Å². The number of rotatable bonds is 5. The third kappa shape index (κ3) is 3.88. The van der Waals surface area contributed by atoms with Gasteiger partial charge in [0, 0.05) is 18.8 Å². The van der Waals surface area contributed by atoms with Gasteiger partial charge in [-0.25, -0.2) is 9.37 Å². The van der Waals surface area contributed by atoms with Gasteiger partial charge < -0.3 is 10.2 Å². The molecule has 1 aliphatic heterocycles. The summed E-state index contributed by atoms with van der Waals surface area (Å²) in [5.41, 5.74) is 4.48. The number of para-hydroxylation sites is 1. The van der Waals surface area contributed by atoms with E-state index in [2.05, 4.69) is 33.4 Å². The number of hydrogen-bond acceptors (Lipinski definition) is 3. The van der Waals surface area contributed by atoms with Crippen molar-refractivity contribution >= 4 is 17.3 Å². The number of aromatic nitrogens is 1. The molecule has 4 rings (SSSR count). The van der Waals surface area contributed by atoms with Gasteiger partial charge in [0.1, 0.15) is 11.5 Å². The first kappa shape index (κ1) is 18.2. The molecule has 1 N–H and O–H groups in total. The average Bonchev–Trinajstić information content (AvgIpc) is 2.75. The highest BCUT2D eigenvalue weighted by Crippen LogP contribution is 2.32. The minimum atomic E-state index is -0.249. The molecular formula is C23H22FN3O. The van der Waals surface area contributed by atoms with Gasteiger partial charge >= 0.3 is 0 Å². The number of benzene rings is 2. The second kappa shape index (κ2) is 8.21. The Morgan fingerprint density at radius 2 is 1.89 bits per heavy atom. The molecule has 0 radical (unpaired) electrons. The predicted molar refractivity (Wildman–Crippen MR) is 108 cm³/mol. The fraction of sp³-hybridized carbons (Fsp3) is 0.217. The van der Waals surface area contributed by atoms with Gasteiger partial charge in [-0.2, -0.15) is 0 Å². The molecule has 1 aromatic heterocycles. The van der Waals surface area contributed by atoms with Crippen LogP contribution in [0.5, 0.6) is 0 Å². The number of fused-ring (bicyclic) bond motifs is 1. The summed E-state index contributed by atoms with van der Waals surface area (Å²) in [6.07, 6.45) is 4.37. The predicted octanol–water partition coefficient (Wildman–Crippen LogP) is 4.28. The van der Waals surface area contributed by atoms with Crippen LogP contribution >= 0.6 is 0 Å². The summed E-state index contributed by atoms with van der Waals surface area (Å²) < 4.78 is 13.6. The van der Waals surface area contributed by atoms with Crippen LogP contribution in [0.3, 0.4) is 0 Å². The zero-order valence-electron chi connectivity index (χ0n) is 15.6. The molecular weight excluding hydrogens is 353 g/mol. The van der Waals surface area contributed by atoms with E-state index in [1.807, 2.05) is 12.1 Å². The maximum absolute atomic E-state index is 13.6. The fourth-order valence-corrected chi connectivity index (χ4v) is 3.58. The number of nitrogens with zero attached hydrogens (tertiary/aromatic N) is 2. The zero-order valence-corrected chi connectivity index (χ0v) is 15.6. The molecule has 2 aromatic carbocycles. The number of anilines is 2. The van der Waals surface area contributed by atoms with Crippen LogP contribution in [0.25, 0.3) is 0 Å². The Labute approximate surface area is 164 Å². The van der Waals surface area contributed by atoms with Gasteiger partial charge in [0.25, 0.3) is 5.91 Å². The maximum Gasteiger partial charge on any atom is 0.269 e. The second-order valence-corrected chi connectivity index (χ2v) is 6.88. The molecule has 0 atom stereocenters. The summed E-state index contributed by atoms with van der Waals surface area (Å²) in [6.45, 7) is 1.30. The Balaban J connectivity index is 1.40. The van der Waals surface area contributed by atoms with E-state index in [0.29, 0.717) is 24.2 Å². The number of amides is 1. The molecule has 2 heterocycles. The Morgan fingerprint density at radius 3 is 2.71 bits per heavy atom. The van der Waals surface area contributed by atoms with E-state index in [-0.39, 0.29) is 11.7 Å². The maximum atomic E-state index is 13.6. The molecule has 0 bridgehead atoms. The molecule has 0 unspecified atom stereocenters. The van der Waals surface area contributed by atoms with Crippen LogP contribution in [-0.2, 0) is 12.8 Å². The van der Waals surface area contributed by atoms with E-state index in [1.54, 1.807) is 30.5 Å². The van der Waals surface area contributed by atoms with Crippen LogP contribution in [0.15, 0.2) is 66.9 Å². The zero-order chi connectivity index (χ0) is 19.3. The summed E-state index contributed by atoms with van der Waals surface area (Å²) in [5.74, 6) is -0.497. The fourth-order valence-electron chi connectivity index (χ4n) is 3.58. The van der Waals surface area contributed by atoms with Crippen molar-refractivity contribution in [2.45, 2.75) is 19.3 Å². The molecule has 0 saturated heterocycles. The van der Waals surface area contributed by atoms with Gasteiger partial charge in [-0.05, 0) is 54.7 Å². The topological polar surface area (TPSA) is 45.2 Å². The highest BCUT2D eigenvalue weighted by molar-refractivity contribution is 5.92. The molecule has 1 amide bonds. The standard InChI is InChI=1S/C23H22FN3O/c24-20-9-3-1-6-17(20)13-14-25-23(28)21-12-11-19(16-26-21)27-15-5-8-18-7-2-4-10-22(18)27/h1-4,6-7,9-12,16H,5,8,13-15H2,(H,25,28). The molecule has 4 nitrogen and oxygen atoms in total. The molecule has 0 saturated carbocycles. The normalized spacial score (nSPS) is 13.1. The van der Waals surface area contributed by atoms with Crippen LogP contribution in [0.2, 0.25) is 0 Å². The summed E-state index contributed by atoms with van der Waals surface area (Å²) in [4.78, 5) is 18.9. The quantitative estimate of drug-likeness (QED) is 0.724. The summed E-state index contributed by atoms with van der Waals surface area (Å²) >= 11 is 0. The Morgan fingerprint density at radius 1 is 1.07 bits per heavy atom. The van der Waals surface area contributed by atoms with Crippen LogP contribution < -0.4 is 10.2 Å². The minimum Gasteiger partial charge on any atom is -0.350 e. The van der Waals surface area contributed by atoms with Crippen LogP contribution in [-0.4, -0.2) is 24.0 Å². The number of pyridine rings is 1. The molecule has 0 aliphatic carbocycles. The molecule has 0 fully saturated rings. The Kier molecular flexibility index (Phi) is 5.33. The number of nitrogens with one attached hydrogen (secondary N) is 1. The van der Waals surface area contributed by atoms with Gasteiger partial charge in [-0.3, -0.25) is 4.79 Å². The first-order valence-corrected chi connectivity index (χ1v) is 9.55. The van der Waals surface area contributed by atoms with E-state index in [4.69, 9.17) is 0 Å². The minimum absolute atomic E-state index is 0.248. The lowest BCUT2D eigenvalue weighted by Gasteiger charge is -2.31. The molecule has 28 heavy (non-hydrogen) atoms. The number of aryl methyl sites for hydroxylation is 1. The van der Waals surface area contributed by atoms with Gasteiger partial charge in [-0.15, -0.1) is 0 Å². The summed E-state index contributed by atoms with van der Waals surface area (Å²) in [6, 6.07) is 18.7. The number of halogens is 1. The first-order chi connectivity index (χ1) is 13.7. The lowest BCUT2D eigenvalue weighted by atomic mass is 10.0. The Bertz CT molecular complexity index is 972. The van der Waals surface area contributed by atoms with Crippen molar-refractivity contribution in [1.82, 2.24) is 10.3 Å². The lowest BCUT2D eigenvalue weighted by molar-refractivity contribution is 0.0949.